The number of nitrogens with one attached hydrogen (secondary N) is 1. The lowest BCUT2D eigenvalue weighted by Gasteiger charge is -2.08. The van der Waals surface area contributed by atoms with Crippen molar-refractivity contribution in [1.29, 1.82) is 5.26 Å². The highest BCUT2D eigenvalue weighted by molar-refractivity contribution is 7.14. The average Bonchev–Trinajstić information content (AvgIpc) is 2.91. The first-order chi connectivity index (χ1) is 10.9. The van der Waals surface area contributed by atoms with Crippen LogP contribution in [0.15, 0.2) is 26.7 Å². The first-order valence-electron chi connectivity index (χ1n) is 6.48. The molecular formula is C15H12N2O5S. The SMILES string of the molecule is Cc1cc(=O)oc(C)c1C(=O)OCC(=O)Nc1sccc1C#N. The molecule has 0 unspecified atom stereocenters. The Hall–Kier alpha value is -2.92. The fourth-order valence-electron chi connectivity index (χ4n) is 1.92. The van der Waals surface area contributed by atoms with Crippen LogP contribution in [0, 0.1) is 25.2 Å². The molecular weight excluding hydrogens is 320 g/mol. The third-order valence-electron chi connectivity index (χ3n) is 2.91. The van der Waals surface area contributed by atoms with Gasteiger partial charge < -0.3 is 14.5 Å². The summed E-state index contributed by atoms with van der Waals surface area (Å²) in [5, 5.41) is 13.4. The van der Waals surface area contributed by atoms with Crippen LogP contribution < -0.4 is 10.9 Å². The van der Waals surface area contributed by atoms with E-state index < -0.39 is 24.1 Å². The molecule has 1 amide bonds. The topological polar surface area (TPSA) is 109 Å². The van der Waals surface area contributed by atoms with E-state index in [9.17, 15) is 14.4 Å². The molecule has 0 fully saturated rings. The first-order valence-corrected chi connectivity index (χ1v) is 7.36. The van der Waals surface area contributed by atoms with Crippen LogP contribution in [0.25, 0.3) is 0 Å². The van der Waals surface area contributed by atoms with Gasteiger partial charge in [-0.15, -0.1) is 11.3 Å². The molecule has 0 bridgehead atoms. The first kappa shape index (κ1) is 16.5. The zero-order valence-corrected chi connectivity index (χ0v) is 13.2. The molecule has 0 aliphatic heterocycles. The Morgan fingerprint density at radius 2 is 2.17 bits per heavy atom. The fraction of sp³-hybridized carbons (Fsp3) is 0.200. The molecule has 2 aromatic heterocycles. The van der Waals surface area contributed by atoms with Crippen LogP contribution in [0.2, 0.25) is 0 Å². The lowest BCUT2D eigenvalue weighted by molar-refractivity contribution is -0.119. The minimum Gasteiger partial charge on any atom is -0.452 e. The number of carbonyl (C=O) groups is 2. The van der Waals surface area contributed by atoms with Gasteiger partial charge in [-0.1, -0.05) is 0 Å². The summed E-state index contributed by atoms with van der Waals surface area (Å²) in [6.07, 6.45) is 0. The summed E-state index contributed by atoms with van der Waals surface area (Å²) in [7, 11) is 0. The van der Waals surface area contributed by atoms with Crippen LogP contribution in [0.5, 0.6) is 0 Å². The standard InChI is InChI=1S/C15H12N2O5S/c1-8-5-12(19)22-9(2)13(8)15(20)21-7-11(18)17-14-10(6-16)3-4-23-14/h3-5H,7H2,1-2H3,(H,17,18). The maximum atomic E-state index is 12.0. The summed E-state index contributed by atoms with van der Waals surface area (Å²) in [6.45, 7) is 2.53. The predicted octanol–water partition coefficient (Wildman–Crippen LogP) is 1.99. The maximum absolute atomic E-state index is 12.0. The number of amides is 1. The number of aryl methyl sites for hydroxylation is 2. The Morgan fingerprint density at radius 1 is 1.43 bits per heavy atom. The molecule has 0 radical (unpaired) electrons. The summed E-state index contributed by atoms with van der Waals surface area (Å²) < 4.78 is 9.76. The van der Waals surface area contributed by atoms with Crippen molar-refractivity contribution in [2.75, 3.05) is 11.9 Å². The molecule has 0 saturated heterocycles. The van der Waals surface area contributed by atoms with E-state index in [0.29, 0.717) is 16.1 Å². The van der Waals surface area contributed by atoms with E-state index in [-0.39, 0.29) is 11.3 Å². The number of rotatable bonds is 4. The highest BCUT2D eigenvalue weighted by Gasteiger charge is 2.18. The second kappa shape index (κ2) is 6.89. The van der Waals surface area contributed by atoms with Gasteiger partial charge in [-0.2, -0.15) is 5.26 Å². The molecule has 2 heterocycles. The number of hydrogen-bond donors (Lipinski definition) is 1. The van der Waals surface area contributed by atoms with E-state index in [2.05, 4.69) is 5.32 Å². The highest BCUT2D eigenvalue weighted by Crippen LogP contribution is 2.22. The Labute approximate surface area is 135 Å². The Kier molecular flexibility index (Phi) is 4.93. The van der Waals surface area contributed by atoms with Gasteiger partial charge in [-0.25, -0.2) is 9.59 Å². The van der Waals surface area contributed by atoms with Crippen LogP contribution in [0.1, 0.15) is 27.2 Å². The Balaban J connectivity index is 2.01. The van der Waals surface area contributed by atoms with Gasteiger partial charge in [0.25, 0.3) is 5.91 Å². The van der Waals surface area contributed by atoms with Gasteiger partial charge in [-0.3, -0.25) is 4.79 Å². The molecule has 0 saturated carbocycles. The molecule has 0 aliphatic carbocycles. The van der Waals surface area contributed by atoms with Crippen LogP contribution in [0.3, 0.4) is 0 Å². The molecule has 1 N–H and O–H groups in total. The summed E-state index contributed by atoms with van der Waals surface area (Å²) >= 11 is 1.19. The van der Waals surface area contributed by atoms with Crippen LogP contribution in [-0.2, 0) is 9.53 Å². The number of nitrogens with zero attached hydrogens (tertiary/aromatic N) is 1. The van der Waals surface area contributed by atoms with Gasteiger partial charge in [0.05, 0.1) is 5.56 Å². The molecule has 118 valence electrons. The van der Waals surface area contributed by atoms with Crippen molar-refractivity contribution in [3.63, 3.8) is 0 Å². The second-order valence-electron chi connectivity index (χ2n) is 4.58. The quantitative estimate of drug-likeness (QED) is 0.857. The summed E-state index contributed by atoms with van der Waals surface area (Å²) in [5.41, 5.74) is 0.308. The number of hydrogen-bond acceptors (Lipinski definition) is 7. The maximum Gasteiger partial charge on any atom is 0.342 e. The van der Waals surface area contributed by atoms with Gasteiger partial charge >= 0.3 is 11.6 Å². The highest BCUT2D eigenvalue weighted by atomic mass is 32.1. The number of carbonyl (C=O) groups excluding carboxylic acids is 2. The number of anilines is 1. The number of thiophene rings is 1. The van der Waals surface area contributed by atoms with Crippen molar-refractivity contribution in [1.82, 2.24) is 0 Å². The van der Waals surface area contributed by atoms with Crippen LogP contribution in [-0.4, -0.2) is 18.5 Å². The molecule has 7 nitrogen and oxygen atoms in total. The zero-order valence-electron chi connectivity index (χ0n) is 12.3. The van der Waals surface area contributed by atoms with Crippen LogP contribution in [0.4, 0.5) is 5.00 Å². The molecule has 23 heavy (non-hydrogen) atoms. The molecule has 0 aliphatic rings. The van der Waals surface area contributed by atoms with E-state index in [0.717, 1.165) is 0 Å². The van der Waals surface area contributed by atoms with E-state index in [1.807, 2.05) is 6.07 Å². The van der Waals surface area contributed by atoms with Gasteiger partial charge in [0.2, 0.25) is 0 Å². The molecule has 0 spiro atoms. The van der Waals surface area contributed by atoms with Gasteiger partial charge in [0, 0.05) is 6.07 Å². The van der Waals surface area contributed by atoms with E-state index in [4.69, 9.17) is 14.4 Å². The molecule has 2 aromatic rings. The minimum atomic E-state index is -0.759. The summed E-state index contributed by atoms with van der Waals surface area (Å²) in [6, 6.07) is 4.69. The number of esters is 1. The van der Waals surface area contributed by atoms with Crippen molar-refractivity contribution < 1.29 is 18.7 Å². The molecule has 8 heteroatoms. The Morgan fingerprint density at radius 3 is 2.83 bits per heavy atom. The van der Waals surface area contributed by atoms with E-state index in [1.54, 1.807) is 18.4 Å². The third-order valence-corrected chi connectivity index (χ3v) is 3.74. The minimum absolute atomic E-state index is 0.117. The summed E-state index contributed by atoms with van der Waals surface area (Å²) in [4.78, 5) is 35.0. The predicted molar refractivity (Wildman–Crippen MR) is 82.4 cm³/mol. The third kappa shape index (κ3) is 3.84. The van der Waals surface area contributed by atoms with E-state index >= 15 is 0 Å². The van der Waals surface area contributed by atoms with Crippen molar-refractivity contribution in [2.24, 2.45) is 0 Å². The molecule has 2 rings (SSSR count). The molecule has 0 atom stereocenters. The largest absolute Gasteiger partial charge is 0.452 e. The lowest BCUT2D eigenvalue weighted by atomic mass is 10.1. The van der Waals surface area contributed by atoms with Crippen molar-refractivity contribution >= 4 is 28.2 Å². The number of nitriles is 1. The van der Waals surface area contributed by atoms with Crippen molar-refractivity contribution in [3.05, 3.63) is 50.4 Å². The smallest absolute Gasteiger partial charge is 0.342 e. The Bertz CT molecular complexity index is 833. The number of ether oxygens (including phenoxy) is 1. The van der Waals surface area contributed by atoms with Gasteiger partial charge in [0.15, 0.2) is 6.61 Å². The van der Waals surface area contributed by atoms with E-state index in [1.165, 1.54) is 24.3 Å². The summed E-state index contributed by atoms with van der Waals surface area (Å²) in [5.74, 6) is -1.19. The molecule has 0 aromatic carbocycles. The van der Waals surface area contributed by atoms with Crippen molar-refractivity contribution in [2.45, 2.75) is 13.8 Å². The normalized spacial score (nSPS) is 9.96. The zero-order chi connectivity index (χ0) is 17.0. The fourth-order valence-corrected chi connectivity index (χ4v) is 2.68. The van der Waals surface area contributed by atoms with Gasteiger partial charge in [0.1, 0.15) is 22.4 Å². The van der Waals surface area contributed by atoms with Crippen molar-refractivity contribution in [3.8, 4) is 6.07 Å². The van der Waals surface area contributed by atoms with Gasteiger partial charge in [-0.05, 0) is 30.9 Å². The van der Waals surface area contributed by atoms with Crippen LogP contribution >= 0.6 is 11.3 Å². The average molecular weight is 332 g/mol. The lowest BCUT2D eigenvalue weighted by Crippen LogP contribution is -2.22. The monoisotopic (exact) mass is 332 g/mol. The second-order valence-corrected chi connectivity index (χ2v) is 5.50.